The minimum Gasteiger partial charge on any atom is -0.379 e. The van der Waals surface area contributed by atoms with E-state index in [1.165, 1.54) is 0 Å². The SMILES string of the molecule is Nc1nonc1-c1noc(=O)n1-c1cc(F)c(Cl)c(F)c1. The van der Waals surface area contributed by atoms with Gasteiger partial charge in [0.1, 0.15) is 16.7 Å². The zero-order chi connectivity index (χ0) is 15.1. The van der Waals surface area contributed by atoms with E-state index in [1.807, 2.05) is 0 Å². The van der Waals surface area contributed by atoms with Gasteiger partial charge in [-0.15, -0.1) is 0 Å². The lowest BCUT2D eigenvalue weighted by Gasteiger charge is -2.04. The van der Waals surface area contributed by atoms with Crippen LogP contribution in [0.3, 0.4) is 0 Å². The monoisotopic (exact) mass is 315 g/mol. The van der Waals surface area contributed by atoms with Gasteiger partial charge in [-0.3, -0.25) is 4.52 Å². The molecular formula is C10H4ClF2N5O3. The van der Waals surface area contributed by atoms with Crippen molar-refractivity contribution in [3.05, 3.63) is 39.3 Å². The van der Waals surface area contributed by atoms with Crippen LogP contribution in [0, 0.1) is 11.6 Å². The summed E-state index contributed by atoms with van der Waals surface area (Å²) in [6.07, 6.45) is 0. The number of halogens is 3. The lowest BCUT2D eigenvalue weighted by atomic mass is 10.3. The van der Waals surface area contributed by atoms with Crippen LogP contribution in [-0.4, -0.2) is 20.0 Å². The summed E-state index contributed by atoms with van der Waals surface area (Å²) in [5.41, 5.74) is 5.15. The molecule has 2 aromatic heterocycles. The van der Waals surface area contributed by atoms with E-state index in [2.05, 4.69) is 24.6 Å². The molecular weight excluding hydrogens is 312 g/mol. The van der Waals surface area contributed by atoms with E-state index in [0.717, 1.165) is 16.7 Å². The molecule has 2 N–H and O–H groups in total. The molecule has 0 aliphatic rings. The van der Waals surface area contributed by atoms with Crippen LogP contribution in [0.5, 0.6) is 0 Å². The standard InChI is InChI=1S/C10H4ClF2N5O3/c11-6-4(12)1-3(2-5(6)13)18-9(17-20-10(18)19)7-8(14)16-21-15-7/h1-2H,(H2,14,16). The van der Waals surface area contributed by atoms with E-state index in [4.69, 9.17) is 17.3 Å². The van der Waals surface area contributed by atoms with Crippen molar-refractivity contribution in [2.75, 3.05) is 5.73 Å². The Morgan fingerprint density at radius 3 is 2.43 bits per heavy atom. The molecule has 2 heterocycles. The van der Waals surface area contributed by atoms with Crippen molar-refractivity contribution in [1.82, 2.24) is 20.0 Å². The highest BCUT2D eigenvalue weighted by molar-refractivity contribution is 6.30. The predicted molar refractivity (Wildman–Crippen MR) is 64.7 cm³/mol. The molecule has 108 valence electrons. The second-order valence-corrected chi connectivity index (χ2v) is 4.21. The van der Waals surface area contributed by atoms with Crippen molar-refractivity contribution in [2.45, 2.75) is 0 Å². The summed E-state index contributed by atoms with van der Waals surface area (Å²) < 4.78 is 36.6. The zero-order valence-corrected chi connectivity index (χ0v) is 10.6. The fourth-order valence-electron chi connectivity index (χ4n) is 1.65. The van der Waals surface area contributed by atoms with Gasteiger partial charge in [-0.25, -0.2) is 22.8 Å². The van der Waals surface area contributed by atoms with Crippen molar-refractivity contribution in [3.63, 3.8) is 0 Å². The Kier molecular flexibility index (Phi) is 2.94. The molecule has 0 aliphatic heterocycles. The van der Waals surface area contributed by atoms with Crippen LogP contribution in [0.4, 0.5) is 14.6 Å². The number of hydrogen-bond donors (Lipinski definition) is 1. The fraction of sp³-hybridized carbons (Fsp3) is 0. The van der Waals surface area contributed by atoms with Gasteiger partial charge in [-0.05, 0) is 22.4 Å². The Hall–Kier alpha value is -2.75. The molecule has 0 aliphatic carbocycles. The molecule has 8 nitrogen and oxygen atoms in total. The number of nitrogens with two attached hydrogens (primary N) is 1. The van der Waals surface area contributed by atoms with Gasteiger partial charge in [-0.2, -0.15) is 0 Å². The molecule has 0 fully saturated rings. The first-order valence-corrected chi connectivity index (χ1v) is 5.69. The zero-order valence-electron chi connectivity index (χ0n) is 9.88. The third-order valence-corrected chi connectivity index (χ3v) is 2.92. The van der Waals surface area contributed by atoms with Crippen LogP contribution < -0.4 is 11.5 Å². The van der Waals surface area contributed by atoms with Gasteiger partial charge in [0.15, 0.2) is 11.5 Å². The predicted octanol–water partition coefficient (Wildman–Crippen LogP) is 1.39. The molecule has 11 heteroatoms. The van der Waals surface area contributed by atoms with Gasteiger partial charge >= 0.3 is 5.76 Å². The van der Waals surface area contributed by atoms with Crippen molar-refractivity contribution >= 4 is 17.4 Å². The summed E-state index contributed by atoms with van der Waals surface area (Å²) in [5, 5.41) is 9.48. The quantitative estimate of drug-likeness (QED) is 0.711. The summed E-state index contributed by atoms with van der Waals surface area (Å²) in [5.74, 6) is -3.52. The molecule has 3 rings (SSSR count). The first-order valence-electron chi connectivity index (χ1n) is 5.31. The Balaban J connectivity index is 2.27. The largest absolute Gasteiger partial charge is 0.446 e. The van der Waals surface area contributed by atoms with E-state index in [1.54, 1.807) is 0 Å². The minimum atomic E-state index is -1.06. The van der Waals surface area contributed by atoms with Crippen LogP contribution in [0.25, 0.3) is 17.2 Å². The van der Waals surface area contributed by atoms with E-state index >= 15 is 0 Å². The molecule has 0 atom stereocenters. The van der Waals surface area contributed by atoms with E-state index < -0.39 is 22.4 Å². The average molecular weight is 316 g/mol. The summed E-state index contributed by atoms with van der Waals surface area (Å²) in [6, 6.07) is 1.66. The van der Waals surface area contributed by atoms with Gasteiger partial charge in [0.05, 0.1) is 5.69 Å². The Morgan fingerprint density at radius 2 is 1.86 bits per heavy atom. The van der Waals surface area contributed by atoms with E-state index in [-0.39, 0.29) is 23.0 Å². The summed E-state index contributed by atoms with van der Waals surface area (Å²) in [7, 11) is 0. The Bertz CT molecular complexity index is 864. The summed E-state index contributed by atoms with van der Waals surface area (Å²) in [6.45, 7) is 0. The van der Waals surface area contributed by atoms with E-state index in [9.17, 15) is 13.6 Å². The van der Waals surface area contributed by atoms with Crippen molar-refractivity contribution < 1.29 is 17.9 Å². The van der Waals surface area contributed by atoms with Crippen molar-refractivity contribution in [3.8, 4) is 17.2 Å². The maximum atomic E-state index is 13.5. The summed E-state index contributed by atoms with van der Waals surface area (Å²) >= 11 is 5.38. The molecule has 0 radical (unpaired) electrons. The number of hydrogen-bond acceptors (Lipinski definition) is 7. The van der Waals surface area contributed by atoms with Gasteiger partial charge in [0, 0.05) is 0 Å². The van der Waals surface area contributed by atoms with Crippen LogP contribution >= 0.6 is 11.6 Å². The number of anilines is 1. The third-order valence-electron chi connectivity index (χ3n) is 2.56. The molecule has 0 spiro atoms. The van der Waals surface area contributed by atoms with Crippen molar-refractivity contribution in [2.24, 2.45) is 0 Å². The van der Waals surface area contributed by atoms with Crippen LogP contribution in [0.1, 0.15) is 0 Å². The molecule has 0 saturated carbocycles. The van der Waals surface area contributed by atoms with Crippen LogP contribution in [0.15, 0.2) is 26.1 Å². The second-order valence-electron chi connectivity index (χ2n) is 3.83. The number of nitrogen functional groups attached to an aromatic ring is 1. The van der Waals surface area contributed by atoms with Crippen molar-refractivity contribution in [1.29, 1.82) is 0 Å². The molecule has 1 aromatic carbocycles. The first kappa shape index (κ1) is 13.2. The first-order chi connectivity index (χ1) is 9.99. The topological polar surface area (TPSA) is 113 Å². The third kappa shape index (κ3) is 2.05. The molecule has 0 amide bonds. The number of rotatable bonds is 2. The molecule has 0 saturated heterocycles. The number of nitrogens with zero attached hydrogens (tertiary/aromatic N) is 4. The number of aromatic nitrogens is 4. The number of benzene rings is 1. The summed E-state index contributed by atoms with van der Waals surface area (Å²) in [4.78, 5) is 11.7. The normalized spacial score (nSPS) is 11.0. The lowest BCUT2D eigenvalue weighted by Crippen LogP contribution is -2.14. The van der Waals surface area contributed by atoms with Crippen LogP contribution in [-0.2, 0) is 0 Å². The lowest BCUT2D eigenvalue weighted by molar-refractivity contribution is 0.310. The van der Waals surface area contributed by atoms with E-state index in [0.29, 0.717) is 0 Å². The van der Waals surface area contributed by atoms with Gasteiger partial charge in [-0.1, -0.05) is 16.8 Å². The maximum absolute atomic E-state index is 13.5. The second kappa shape index (κ2) is 4.66. The highest BCUT2D eigenvalue weighted by Gasteiger charge is 2.22. The molecule has 21 heavy (non-hydrogen) atoms. The average Bonchev–Trinajstić information content (AvgIpc) is 3.01. The van der Waals surface area contributed by atoms with Gasteiger partial charge in [0.2, 0.25) is 5.82 Å². The highest BCUT2D eigenvalue weighted by Crippen LogP contribution is 2.26. The van der Waals surface area contributed by atoms with Gasteiger partial charge in [0.25, 0.3) is 0 Å². The maximum Gasteiger partial charge on any atom is 0.446 e. The Morgan fingerprint density at radius 1 is 1.19 bits per heavy atom. The van der Waals surface area contributed by atoms with Crippen LogP contribution in [0.2, 0.25) is 5.02 Å². The highest BCUT2D eigenvalue weighted by atomic mass is 35.5. The molecule has 0 bridgehead atoms. The van der Waals surface area contributed by atoms with Gasteiger partial charge < -0.3 is 5.73 Å². The minimum absolute atomic E-state index is 0.114. The fourth-order valence-corrected chi connectivity index (χ4v) is 1.76. The molecule has 0 unspecified atom stereocenters. The smallest absolute Gasteiger partial charge is 0.379 e. The molecule has 3 aromatic rings. The Labute approximate surface area is 118 Å².